The molecule has 3 rings (SSSR count). The molecule has 2 bridgehead atoms. The molecule has 0 spiro atoms. The van der Waals surface area contributed by atoms with E-state index in [2.05, 4.69) is 41.4 Å². The number of hydrogen-bond acceptors (Lipinski definition) is 3. The fourth-order valence-corrected chi connectivity index (χ4v) is 3.83. The quantitative estimate of drug-likeness (QED) is 0.904. The first-order chi connectivity index (χ1) is 9.28. The summed E-state index contributed by atoms with van der Waals surface area (Å²) >= 11 is 0. The van der Waals surface area contributed by atoms with Crippen LogP contribution in [0.5, 0.6) is 0 Å². The maximum Gasteiger partial charge on any atom is 0.0315 e. The monoisotopic (exact) mass is 259 g/mol. The lowest BCUT2D eigenvalue weighted by Crippen LogP contribution is -2.55. The van der Waals surface area contributed by atoms with E-state index < -0.39 is 0 Å². The summed E-state index contributed by atoms with van der Waals surface area (Å²) in [6, 6.07) is 4.39. The standard InChI is InChI=1S/C16H25N3/c1-12-6-7-18-10-13(12)11-19-15-4-3-5-16(19)9-14(8-15)17-2/h6-7,10,14-17H,3-5,8-9,11H2,1-2H3. The SMILES string of the molecule is CNC1CC2CCCC(C1)N2Cc1cnccc1C. The van der Waals surface area contributed by atoms with Crippen molar-refractivity contribution >= 4 is 0 Å². The number of nitrogens with zero attached hydrogens (tertiary/aromatic N) is 2. The molecule has 3 nitrogen and oxygen atoms in total. The highest BCUT2D eigenvalue weighted by Crippen LogP contribution is 2.35. The zero-order valence-electron chi connectivity index (χ0n) is 12.1. The Kier molecular flexibility index (Phi) is 3.85. The van der Waals surface area contributed by atoms with Gasteiger partial charge in [0.2, 0.25) is 0 Å². The molecule has 2 unspecified atom stereocenters. The van der Waals surface area contributed by atoms with Gasteiger partial charge in [-0.3, -0.25) is 9.88 Å². The van der Waals surface area contributed by atoms with Crippen LogP contribution < -0.4 is 5.32 Å². The number of rotatable bonds is 3. The van der Waals surface area contributed by atoms with Crippen molar-refractivity contribution in [1.82, 2.24) is 15.2 Å². The molecule has 2 fully saturated rings. The Balaban J connectivity index is 1.76. The van der Waals surface area contributed by atoms with E-state index in [1.54, 1.807) is 0 Å². The molecule has 0 aliphatic carbocycles. The lowest BCUT2D eigenvalue weighted by Gasteiger charge is -2.49. The van der Waals surface area contributed by atoms with Gasteiger partial charge in [-0.2, -0.15) is 0 Å². The average molecular weight is 259 g/mol. The second kappa shape index (κ2) is 5.59. The van der Waals surface area contributed by atoms with E-state index in [9.17, 15) is 0 Å². The molecule has 2 aliphatic heterocycles. The number of pyridine rings is 1. The van der Waals surface area contributed by atoms with Crippen molar-refractivity contribution in [3.05, 3.63) is 29.6 Å². The van der Waals surface area contributed by atoms with Crippen molar-refractivity contribution in [2.45, 2.75) is 63.7 Å². The van der Waals surface area contributed by atoms with Crippen LogP contribution in [0.25, 0.3) is 0 Å². The summed E-state index contributed by atoms with van der Waals surface area (Å²) in [7, 11) is 2.11. The molecule has 19 heavy (non-hydrogen) atoms. The first-order valence-corrected chi connectivity index (χ1v) is 7.60. The second-order valence-corrected chi connectivity index (χ2v) is 6.17. The summed E-state index contributed by atoms with van der Waals surface area (Å²) in [5.74, 6) is 0. The van der Waals surface area contributed by atoms with Crippen LogP contribution in [0.3, 0.4) is 0 Å². The number of aromatic nitrogens is 1. The van der Waals surface area contributed by atoms with Gasteiger partial charge in [-0.05, 0) is 56.8 Å². The molecule has 0 radical (unpaired) electrons. The smallest absolute Gasteiger partial charge is 0.0315 e. The summed E-state index contributed by atoms with van der Waals surface area (Å²) in [4.78, 5) is 7.05. The molecule has 1 N–H and O–H groups in total. The van der Waals surface area contributed by atoms with E-state index in [4.69, 9.17) is 0 Å². The predicted octanol–water partition coefficient (Wildman–Crippen LogP) is 2.49. The third kappa shape index (κ3) is 2.67. The third-order valence-electron chi connectivity index (χ3n) is 5.03. The predicted molar refractivity (Wildman–Crippen MR) is 78.0 cm³/mol. The minimum absolute atomic E-state index is 0.724. The van der Waals surface area contributed by atoms with Crippen molar-refractivity contribution in [2.24, 2.45) is 0 Å². The Labute approximate surface area is 116 Å². The minimum atomic E-state index is 0.724. The molecule has 2 aliphatic rings. The largest absolute Gasteiger partial charge is 0.317 e. The summed E-state index contributed by atoms with van der Waals surface area (Å²) < 4.78 is 0. The fraction of sp³-hybridized carbons (Fsp3) is 0.688. The topological polar surface area (TPSA) is 28.2 Å². The summed E-state index contributed by atoms with van der Waals surface area (Å²) in [5, 5.41) is 3.49. The lowest BCUT2D eigenvalue weighted by atomic mass is 9.81. The van der Waals surface area contributed by atoms with Gasteiger partial charge in [0, 0.05) is 37.1 Å². The van der Waals surface area contributed by atoms with Crippen LogP contribution in [0.2, 0.25) is 0 Å². The summed E-state index contributed by atoms with van der Waals surface area (Å²) in [6.45, 7) is 3.29. The molecule has 3 heterocycles. The van der Waals surface area contributed by atoms with E-state index in [-0.39, 0.29) is 0 Å². The highest BCUT2D eigenvalue weighted by atomic mass is 15.2. The number of fused-ring (bicyclic) bond motifs is 2. The van der Waals surface area contributed by atoms with Gasteiger partial charge in [0.05, 0.1) is 0 Å². The van der Waals surface area contributed by atoms with Gasteiger partial charge < -0.3 is 5.32 Å². The summed E-state index contributed by atoms with van der Waals surface area (Å²) in [6.07, 6.45) is 10.7. The van der Waals surface area contributed by atoms with Crippen LogP contribution in [-0.4, -0.2) is 35.1 Å². The van der Waals surface area contributed by atoms with Crippen LogP contribution in [0.15, 0.2) is 18.5 Å². The van der Waals surface area contributed by atoms with Crippen molar-refractivity contribution in [3.63, 3.8) is 0 Å². The highest BCUT2D eigenvalue weighted by Gasteiger charge is 2.37. The van der Waals surface area contributed by atoms with Crippen LogP contribution in [0.4, 0.5) is 0 Å². The van der Waals surface area contributed by atoms with Crippen LogP contribution >= 0.6 is 0 Å². The van der Waals surface area contributed by atoms with E-state index >= 15 is 0 Å². The molecule has 0 amide bonds. The number of aryl methyl sites for hydroxylation is 1. The number of nitrogens with one attached hydrogen (secondary N) is 1. The van der Waals surface area contributed by atoms with Crippen molar-refractivity contribution in [1.29, 1.82) is 0 Å². The van der Waals surface area contributed by atoms with E-state index in [0.29, 0.717) is 0 Å². The van der Waals surface area contributed by atoms with Gasteiger partial charge in [-0.25, -0.2) is 0 Å². The fourth-order valence-electron chi connectivity index (χ4n) is 3.83. The molecule has 3 heteroatoms. The molecule has 2 atom stereocenters. The normalized spacial score (nSPS) is 31.4. The molecule has 1 aromatic rings. The lowest BCUT2D eigenvalue weighted by molar-refractivity contribution is 0.0188. The molecule has 0 saturated carbocycles. The van der Waals surface area contributed by atoms with Gasteiger partial charge in [0.15, 0.2) is 0 Å². The molecular formula is C16H25N3. The Bertz CT molecular complexity index is 418. The van der Waals surface area contributed by atoms with Gasteiger partial charge >= 0.3 is 0 Å². The minimum Gasteiger partial charge on any atom is -0.317 e. The van der Waals surface area contributed by atoms with Crippen molar-refractivity contribution < 1.29 is 0 Å². The number of piperidine rings is 2. The molecule has 1 aromatic heterocycles. The van der Waals surface area contributed by atoms with Crippen LogP contribution in [0.1, 0.15) is 43.2 Å². The third-order valence-corrected chi connectivity index (χ3v) is 5.03. The second-order valence-electron chi connectivity index (χ2n) is 6.17. The van der Waals surface area contributed by atoms with Crippen molar-refractivity contribution in [2.75, 3.05) is 7.05 Å². The van der Waals surface area contributed by atoms with Gasteiger partial charge in [-0.1, -0.05) is 6.42 Å². The first kappa shape index (κ1) is 13.1. The first-order valence-electron chi connectivity index (χ1n) is 7.60. The maximum absolute atomic E-state index is 4.30. The van der Waals surface area contributed by atoms with Gasteiger partial charge in [0.1, 0.15) is 0 Å². The van der Waals surface area contributed by atoms with E-state index in [0.717, 1.165) is 24.7 Å². The maximum atomic E-state index is 4.30. The Morgan fingerprint density at radius 3 is 2.68 bits per heavy atom. The Morgan fingerprint density at radius 2 is 2.05 bits per heavy atom. The zero-order valence-corrected chi connectivity index (χ0v) is 12.1. The van der Waals surface area contributed by atoms with Crippen LogP contribution in [0, 0.1) is 6.92 Å². The molecule has 2 saturated heterocycles. The average Bonchev–Trinajstić information content (AvgIpc) is 2.41. The molecule has 104 valence electrons. The van der Waals surface area contributed by atoms with Gasteiger partial charge in [0.25, 0.3) is 0 Å². The zero-order chi connectivity index (χ0) is 13.2. The highest BCUT2D eigenvalue weighted by molar-refractivity contribution is 5.21. The van der Waals surface area contributed by atoms with E-state index in [1.165, 1.54) is 43.2 Å². The van der Waals surface area contributed by atoms with E-state index in [1.807, 2.05) is 6.20 Å². The van der Waals surface area contributed by atoms with Crippen molar-refractivity contribution in [3.8, 4) is 0 Å². The molecular weight excluding hydrogens is 234 g/mol. The molecule has 0 aromatic carbocycles. The number of hydrogen-bond donors (Lipinski definition) is 1. The Hall–Kier alpha value is -0.930. The van der Waals surface area contributed by atoms with Crippen LogP contribution in [-0.2, 0) is 6.54 Å². The summed E-state index contributed by atoms with van der Waals surface area (Å²) in [5.41, 5.74) is 2.78. The van der Waals surface area contributed by atoms with Gasteiger partial charge in [-0.15, -0.1) is 0 Å². The Morgan fingerprint density at radius 1 is 1.32 bits per heavy atom.